The Morgan fingerprint density at radius 1 is 1.11 bits per heavy atom. The third-order valence-electron chi connectivity index (χ3n) is 6.23. The Labute approximate surface area is 162 Å². The van der Waals surface area contributed by atoms with E-state index < -0.39 is 0 Å². The monoisotopic (exact) mass is 382 g/mol. The second-order valence-corrected chi connectivity index (χ2v) is 7.82. The zero-order valence-corrected chi connectivity index (χ0v) is 15.4. The van der Waals surface area contributed by atoms with Crippen molar-refractivity contribution in [3.05, 3.63) is 30.5 Å². The van der Waals surface area contributed by atoms with E-state index in [-0.39, 0.29) is 47.9 Å². The molecule has 8 heteroatoms. The average Bonchev–Trinajstić information content (AvgIpc) is 3.39. The van der Waals surface area contributed by atoms with Gasteiger partial charge in [-0.05, 0) is 30.4 Å². The van der Waals surface area contributed by atoms with Gasteiger partial charge in [-0.25, -0.2) is 4.98 Å². The van der Waals surface area contributed by atoms with Gasteiger partial charge in [-0.2, -0.15) is 0 Å². The van der Waals surface area contributed by atoms with Crippen LogP contribution in [0.3, 0.4) is 0 Å². The van der Waals surface area contributed by atoms with E-state index in [1.807, 2.05) is 18.2 Å². The van der Waals surface area contributed by atoms with Crippen LogP contribution in [-0.2, 0) is 19.1 Å². The first-order valence-corrected chi connectivity index (χ1v) is 9.74. The van der Waals surface area contributed by atoms with Gasteiger partial charge >= 0.3 is 0 Å². The van der Waals surface area contributed by atoms with Crippen molar-refractivity contribution in [1.82, 2.24) is 9.88 Å². The van der Waals surface area contributed by atoms with E-state index in [1.165, 1.54) is 0 Å². The standard InChI is InChI=1S/C20H22N4O4/c25-16(22-14-3-4-15(21-10-14)23-5-7-28-8-6-23)11-24-19(26)17-12-1-2-13(9-12)18(17)20(24)27/h1-4,10,12-13,17-18H,5-9,11H2,(H,22,25). The number of pyridine rings is 1. The van der Waals surface area contributed by atoms with Crippen LogP contribution in [0.2, 0.25) is 0 Å². The lowest BCUT2D eigenvalue weighted by atomic mass is 9.85. The SMILES string of the molecule is O=C(CN1C(=O)C2C3C=CC(C3)C2C1=O)Nc1ccc(N2CCOCC2)nc1. The summed E-state index contributed by atoms with van der Waals surface area (Å²) < 4.78 is 5.33. The van der Waals surface area contributed by atoms with Crippen molar-refractivity contribution in [1.29, 1.82) is 0 Å². The Morgan fingerprint density at radius 3 is 2.39 bits per heavy atom. The number of carbonyl (C=O) groups excluding carboxylic acids is 3. The first kappa shape index (κ1) is 17.4. The lowest BCUT2D eigenvalue weighted by molar-refractivity contribution is -0.143. The first-order valence-electron chi connectivity index (χ1n) is 9.74. The van der Waals surface area contributed by atoms with Crippen molar-refractivity contribution in [2.24, 2.45) is 23.7 Å². The molecular weight excluding hydrogens is 360 g/mol. The van der Waals surface area contributed by atoms with Gasteiger partial charge in [0.1, 0.15) is 12.4 Å². The van der Waals surface area contributed by atoms with Crippen molar-refractivity contribution in [2.45, 2.75) is 6.42 Å². The summed E-state index contributed by atoms with van der Waals surface area (Å²) >= 11 is 0. The Kier molecular flexibility index (Phi) is 4.16. The number of ether oxygens (including phenoxy) is 1. The number of carbonyl (C=O) groups is 3. The molecule has 4 aliphatic rings. The normalized spacial score (nSPS) is 30.9. The lowest BCUT2D eigenvalue weighted by Gasteiger charge is -2.27. The molecule has 2 saturated heterocycles. The van der Waals surface area contributed by atoms with E-state index in [9.17, 15) is 14.4 Å². The predicted octanol–water partition coefficient (Wildman–Crippen LogP) is 0.664. The highest BCUT2D eigenvalue weighted by Gasteiger charge is 2.59. The molecule has 4 atom stereocenters. The van der Waals surface area contributed by atoms with Crippen LogP contribution in [0.25, 0.3) is 0 Å². The minimum Gasteiger partial charge on any atom is -0.378 e. The number of hydrogen-bond acceptors (Lipinski definition) is 6. The second-order valence-electron chi connectivity index (χ2n) is 7.82. The molecule has 2 aliphatic carbocycles. The number of fused-ring (bicyclic) bond motifs is 5. The fourth-order valence-electron chi connectivity index (χ4n) is 4.90. The number of nitrogens with one attached hydrogen (secondary N) is 1. The van der Waals surface area contributed by atoms with Crippen molar-refractivity contribution in [2.75, 3.05) is 43.1 Å². The second kappa shape index (κ2) is 6.70. The van der Waals surface area contributed by atoms with Crippen LogP contribution in [0.15, 0.2) is 30.5 Å². The number of imide groups is 1. The van der Waals surface area contributed by atoms with Gasteiger partial charge in [0.2, 0.25) is 17.7 Å². The quantitative estimate of drug-likeness (QED) is 0.608. The molecule has 1 aromatic heterocycles. The Morgan fingerprint density at radius 2 is 1.79 bits per heavy atom. The van der Waals surface area contributed by atoms with Gasteiger partial charge in [0.05, 0.1) is 36.9 Å². The summed E-state index contributed by atoms with van der Waals surface area (Å²) in [6.07, 6.45) is 6.56. The Balaban J connectivity index is 1.21. The molecule has 1 aromatic rings. The number of rotatable bonds is 4. The summed E-state index contributed by atoms with van der Waals surface area (Å²) in [5.74, 6) is -0.210. The van der Waals surface area contributed by atoms with E-state index in [1.54, 1.807) is 12.3 Å². The Bertz CT molecular complexity index is 816. The van der Waals surface area contributed by atoms with E-state index >= 15 is 0 Å². The van der Waals surface area contributed by atoms with Gasteiger partial charge in [-0.1, -0.05) is 12.2 Å². The van der Waals surface area contributed by atoms with Crippen molar-refractivity contribution < 1.29 is 19.1 Å². The van der Waals surface area contributed by atoms with Gasteiger partial charge < -0.3 is 15.0 Å². The van der Waals surface area contributed by atoms with E-state index in [2.05, 4.69) is 15.2 Å². The van der Waals surface area contributed by atoms with Crippen molar-refractivity contribution in [3.63, 3.8) is 0 Å². The highest BCUT2D eigenvalue weighted by Crippen LogP contribution is 2.52. The van der Waals surface area contributed by atoms with Gasteiger partial charge in [0.15, 0.2) is 0 Å². The molecule has 2 bridgehead atoms. The van der Waals surface area contributed by atoms with Crippen LogP contribution in [0.4, 0.5) is 11.5 Å². The molecule has 1 saturated carbocycles. The number of anilines is 2. The molecule has 3 heterocycles. The number of nitrogens with zero attached hydrogens (tertiary/aromatic N) is 3. The zero-order chi connectivity index (χ0) is 19.3. The third kappa shape index (κ3) is 2.79. The molecule has 1 N–H and O–H groups in total. The van der Waals surface area contributed by atoms with Crippen molar-refractivity contribution >= 4 is 29.2 Å². The minimum atomic E-state index is -0.386. The van der Waals surface area contributed by atoms with Crippen LogP contribution in [-0.4, -0.2) is 60.5 Å². The van der Waals surface area contributed by atoms with E-state index in [0.717, 1.165) is 30.2 Å². The molecule has 4 unspecified atom stereocenters. The maximum atomic E-state index is 12.7. The highest BCUT2D eigenvalue weighted by molar-refractivity contribution is 6.09. The number of allylic oxidation sites excluding steroid dienone is 2. The van der Waals surface area contributed by atoms with Crippen LogP contribution < -0.4 is 10.2 Å². The third-order valence-corrected chi connectivity index (χ3v) is 6.23. The van der Waals surface area contributed by atoms with E-state index in [4.69, 9.17) is 4.74 Å². The smallest absolute Gasteiger partial charge is 0.244 e. The molecule has 0 spiro atoms. The molecule has 3 fully saturated rings. The maximum absolute atomic E-state index is 12.7. The van der Waals surface area contributed by atoms with Gasteiger partial charge in [-0.15, -0.1) is 0 Å². The average molecular weight is 382 g/mol. The molecule has 146 valence electrons. The van der Waals surface area contributed by atoms with Crippen molar-refractivity contribution in [3.8, 4) is 0 Å². The van der Waals surface area contributed by atoms with Crippen LogP contribution >= 0.6 is 0 Å². The molecule has 5 rings (SSSR count). The largest absolute Gasteiger partial charge is 0.378 e. The molecule has 2 aliphatic heterocycles. The number of aromatic nitrogens is 1. The molecule has 3 amide bonds. The summed E-state index contributed by atoms with van der Waals surface area (Å²) in [5, 5.41) is 2.74. The molecule has 0 radical (unpaired) electrons. The fraction of sp³-hybridized carbons (Fsp3) is 0.500. The summed E-state index contributed by atoms with van der Waals surface area (Å²) in [6.45, 7) is 2.69. The first-order chi connectivity index (χ1) is 13.6. The van der Waals surface area contributed by atoms with E-state index in [0.29, 0.717) is 18.9 Å². The summed E-state index contributed by atoms with van der Waals surface area (Å²) in [4.78, 5) is 45.4. The minimum absolute atomic E-state index is 0.149. The molecule has 8 nitrogen and oxygen atoms in total. The van der Waals surface area contributed by atoms with Gasteiger partial charge in [0.25, 0.3) is 0 Å². The number of morpholine rings is 1. The van der Waals surface area contributed by atoms with Crippen LogP contribution in [0, 0.1) is 23.7 Å². The summed E-state index contributed by atoms with van der Waals surface area (Å²) in [6, 6.07) is 3.63. The molecule has 0 aromatic carbocycles. The Hall–Kier alpha value is -2.74. The van der Waals surface area contributed by atoms with Crippen LogP contribution in [0.5, 0.6) is 0 Å². The maximum Gasteiger partial charge on any atom is 0.244 e. The topological polar surface area (TPSA) is 91.8 Å². The summed E-state index contributed by atoms with van der Waals surface area (Å²) in [5.41, 5.74) is 0.544. The van der Waals surface area contributed by atoms with Gasteiger partial charge in [-0.3, -0.25) is 19.3 Å². The van der Waals surface area contributed by atoms with Gasteiger partial charge in [0, 0.05) is 13.1 Å². The molecular formula is C20H22N4O4. The number of likely N-dealkylation sites (tertiary alicyclic amines) is 1. The van der Waals surface area contributed by atoms with Crippen LogP contribution in [0.1, 0.15) is 6.42 Å². The predicted molar refractivity (Wildman–Crippen MR) is 100 cm³/mol. The number of hydrogen-bond donors (Lipinski definition) is 1. The fourth-order valence-corrected chi connectivity index (χ4v) is 4.90. The highest BCUT2D eigenvalue weighted by atomic mass is 16.5. The molecule has 28 heavy (non-hydrogen) atoms. The zero-order valence-electron chi connectivity index (χ0n) is 15.4. The number of amides is 3. The summed E-state index contributed by atoms with van der Waals surface area (Å²) in [7, 11) is 0. The lowest BCUT2D eigenvalue weighted by Crippen LogP contribution is -2.39.